The predicted octanol–water partition coefficient (Wildman–Crippen LogP) is 2.90. The Balaban J connectivity index is 2.10. The fourth-order valence-electron chi connectivity index (χ4n) is 2.25. The first-order chi connectivity index (χ1) is 8.72. The zero-order valence-corrected chi connectivity index (χ0v) is 11.8. The van der Waals surface area contributed by atoms with Gasteiger partial charge in [-0.25, -0.2) is 9.97 Å². The first-order valence-electron chi connectivity index (χ1n) is 6.59. The predicted molar refractivity (Wildman–Crippen MR) is 73.0 cm³/mol. The highest BCUT2D eigenvalue weighted by Gasteiger charge is 2.22. The first-order valence-corrected chi connectivity index (χ1v) is 6.96. The van der Waals surface area contributed by atoms with Gasteiger partial charge >= 0.3 is 0 Å². The van der Waals surface area contributed by atoms with Crippen LogP contribution in [0.5, 0.6) is 0 Å². The van der Waals surface area contributed by atoms with Crippen LogP contribution in [0.4, 0.5) is 5.82 Å². The van der Waals surface area contributed by atoms with E-state index in [1.165, 1.54) is 12.8 Å². The average Bonchev–Trinajstić information content (AvgIpc) is 2.84. The van der Waals surface area contributed by atoms with Gasteiger partial charge in [0.25, 0.3) is 0 Å². The third-order valence-electron chi connectivity index (χ3n) is 3.35. The molecule has 0 bridgehead atoms. The van der Waals surface area contributed by atoms with Gasteiger partial charge in [-0.05, 0) is 19.3 Å². The molecule has 2 rings (SSSR count). The summed E-state index contributed by atoms with van der Waals surface area (Å²) < 4.78 is 5.33. The standard InChI is InChI=1S/C13H20ClN3O/c1-3-10-5-6-17(8-10)13-7-11(14)15-12(16-13)9-18-4-2/h7,10H,3-6,8-9H2,1-2H3. The van der Waals surface area contributed by atoms with Gasteiger partial charge in [0.05, 0.1) is 0 Å². The molecular weight excluding hydrogens is 250 g/mol. The second-order valence-electron chi connectivity index (χ2n) is 4.61. The van der Waals surface area contributed by atoms with Crippen molar-refractivity contribution in [2.24, 2.45) is 5.92 Å². The first kappa shape index (κ1) is 13.6. The third-order valence-corrected chi connectivity index (χ3v) is 3.54. The molecule has 1 aromatic rings. The monoisotopic (exact) mass is 269 g/mol. The van der Waals surface area contributed by atoms with Crippen LogP contribution in [0.2, 0.25) is 5.15 Å². The Labute approximate surface area is 113 Å². The van der Waals surface area contributed by atoms with Crippen molar-refractivity contribution in [2.75, 3.05) is 24.6 Å². The zero-order chi connectivity index (χ0) is 13.0. The van der Waals surface area contributed by atoms with E-state index in [9.17, 15) is 0 Å². The molecule has 18 heavy (non-hydrogen) atoms. The lowest BCUT2D eigenvalue weighted by atomic mass is 10.1. The molecule has 0 aromatic carbocycles. The topological polar surface area (TPSA) is 38.2 Å². The van der Waals surface area contributed by atoms with Crippen molar-refractivity contribution < 1.29 is 4.74 Å². The van der Waals surface area contributed by atoms with E-state index in [4.69, 9.17) is 16.3 Å². The summed E-state index contributed by atoms with van der Waals surface area (Å²) in [5, 5.41) is 0.495. The molecule has 5 heteroatoms. The molecule has 100 valence electrons. The SMILES string of the molecule is CCOCc1nc(Cl)cc(N2CCC(CC)C2)n1. The van der Waals surface area contributed by atoms with Crippen LogP contribution < -0.4 is 4.90 Å². The Hall–Kier alpha value is -0.870. The Morgan fingerprint density at radius 3 is 2.94 bits per heavy atom. The Bertz CT molecular complexity index is 400. The van der Waals surface area contributed by atoms with Crippen molar-refractivity contribution >= 4 is 17.4 Å². The van der Waals surface area contributed by atoms with E-state index in [-0.39, 0.29) is 0 Å². The van der Waals surface area contributed by atoms with E-state index < -0.39 is 0 Å². The lowest BCUT2D eigenvalue weighted by Gasteiger charge is -2.18. The maximum atomic E-state index is 6.04. The molecule has 2 heterocycles. The molecule has 1 unspecified atom stereocenters. The molecule has 0 aliphatic carbocycles. The number of aromatic nitrogens is 2. The van der Waals surface area contributed by atoms with Crippen LogP contribution in [-0.2, 0) is 11.3 Å². The molecule has 1 atom stereocenters. The number of rotatable bonds is 5. The Morgan fingerprint density at radius 2 is 2.28 bits per heavy atom. The van der Waals surface area contributed by atoms with Gasteiger partial charge in [0.15, 0.2) is 5.82 Å². The summed E-state index contributed by atoms with van der Waals surface area (Å²) in [6, 6.07) is 1.84. The summed E-state index contributed by atoms with van der Waals surface area (Å²) in [6.07, 6.45) is 2.46. The summed E-state index contributed by atoms with van der Waals surface area (Å²) in [5.74, 6) is 2.37. The normalized spacial score (nSPS) is 19.5. The molecule has 4 nitrogen and oxygen atoms in total. The molecule has 0 radical (unpaired) electrons. The summed E-state index contributed by atoms with van der Waals surface area (Å²) in [7, 11) is 0. The summed E-state index contributed by atoms with van der Waals surface area (Å²) in [4.78, 5) is 11.0. The molecule has 1 saturated heterocycles. The van der Waals surface area contributed by atoms with E-state index >= 15 is 0 Å². The van der Waals surface area contributed by atoms with Crippen LogP contribution in [0.1, 0.15) is 32.5 Å². The number of nitrogens with zero attached hydrogens (tertiary/aromatic N) is 3. The van der Waals surface area contributed by atoms with Gasteiger partial charge in [-0.1, -0.05) is 24.9 Å². The summed E-state index contributed by atoms with van der Waals surface area (Å²) >= 11 is 6.04. The largest absolute Gasteiger partial charge is 0.374 e. The molecule has 0 saturated carbocycles. The molecule has 1 aliphatic heterocycles. The maximum absolute atomic E-state index is 6.04. The van der Waals surface area contributed by atoms with E-state index in [2.05, 4.69) is 21.8 Å². The Morgan fingerprint density at radius 1 is 1.44 bits per heavy atom. The van der Waals surface area contributed by atoms with Crippen molar-refractivity contribution in [3.63, 3.8) is 0 Å². The van der Waals surface area contributed by atoms with Crippen molar-refractivity contribution in [3.05, 3.63) is 17.0 Å². The number of ether oxygens (including phenoxy) is 1. The van der Waals surface area contributed by atoms with Gasteiger partial charge in [0.2, 0.25) is 0 Å². The maximum Gasteiger partial charge on any atom is 0.158 e. The molecular formula is C13H20ClN3O. The highest BCUT2D eigenvalue weighted by molar-refractivity contribution is 6.29. The van der Waals surface area contributed by atoms with Gasteiger partial charge in [-0.15, -0.1) is 0 Å². The highest BCUT2D eigenvalue weighted by Crippen LogP contribution is 2.25. The Kier molecular flexibility index (Phi) is 4.78. The van der Waals surface area contributed by atoms with Crippen LogP contribution >= 0.6 is 11.6 Å². The van der Waals surface area contributed by atoms with Crippen LogP contribution in [0.25, 0.3) is 0 Å². The second-order valence-corrected chi connectivity index (χ2v) is 5.00. The second kappa shape index (κ2) is 6.34. The lowest BCUT2D eigenvalue weighted by molar-refractivity contribution is 0.128. The quantitative estimate of drug-likeness (QED) is 0.771. The van der Waals surface area contributed by atoms with Crippen molar-refractivity contribution in [1.82, 2.24) is 9.97 Å². The van der Waals surface area contributed by atoms with E-state index in [1.54, 1.807) is 0 Å². The van der Waals surface area contributed by atoms with Crippen molar-refractivity contribution in [1.29, 1.82) is 0 Å². The molecule has 1 aromatic heterocycles. The lowest BCUT2D eigenvalue weighted by Crippen LogP contribution is -2.21. The smallest absolute Gasteiger partial charge is 0.158 e. The highest BCUT2D eigenvalue weighted by atomic mass is 35.5. The summed E-state index contributed by atoms with van der Waals surface area (Å²) in [6.45, 7) is 7.40. The van der Waals surface area contributed by atoms with Crippen molar-refractivity contribution in [2.45, 2.75) is 33.3 Å². The molecule has 0 amide bonds. The van der Waals surface area contributed by atoms with Gasteiger partial charge in [-0.3, -0.25) is 0 Å². The van der Waals surface area contributed by atoms with Crippen LogP contribution in [-0.4, -0.2) is 29.7 Å². The minimum absolute atomic E-state index is 0.426. The minimum Gasteiger partial charge on any atom is -0.374 e. The van der Waals surface area contributed by atoms with Crippen molar-refractivity contribution in [3.8, 4) is 0 Å². The van der Waals surface area contributed by atoms with E-state index in [0.717, 1.165) is 24.8 Å². The fraction of sp³-hybridized carbons (Fsp3) is 0.692. The van der Waals surface area contributed by atoms with Gasteiger partial charge in [0.1, 0.15) is 17.6 Å². The molecule has 0 N–H and O–H groups in total. The number of halogens is 1. The van der Waals surface area contributed by atoms with Crippen LogP contribution in [0.15, 0.2) is 6.07 Å². The van der Waals surface area contributed by atoms with E-state index in [0.29, 0.717) is 24.2 Å². The molecule has 1 aliphatic rings. The number of anilines is 1. The molecule has 1 fully saturated rings. The summed E-state index contributed by atoms with van der Waals surface area (Å²) in [5.41, 5.74) is 0. The van der Waals surface area contributed by atoms with Gasteiger partial charge in [0, 0.05) is 25.8 Å². The third kappa shape index (κ3) is 3.33. The number of hydrogen-bond acceptors (Lipinski definition) is 4. The van der Waals surface area contributed by atoms with Crippen LogP contribution in [0.3, 0.4) is 0 Å². The minimum atomic E-state index is 0.426. The fourth-order valence-corrected chi connectivity index (χ4v) is 2.44. The average molecular weight is 270 g/mol. The number of hydrogen-bond donors (Lipinski definition) is 0. The van der Waals surface area contributed by atoms with Crippen LogP contribution in [0, 0.1) is 5.92 Å². The van der Waals surface area contributed by atoms with E-state index in [1.807, 2.05) is 13.0 Å². The van der Waals surface area contributed by atoms with Gasteiger partial charge < -0.3 is 9.64 Å². The molecule has 0 spiro atoms. The zero-order valence-electron chi connectivity index (χ0n) is 11.0. The van der Waals surface area contributed by atoms with Gasteiger partial charge in [-0.2, -0.15) is 0 Å².